The number of hydrogen-bond donors (Lipinski definition) is 0. The molecular formula is C30H21O4. The molecule has 0 heterocycles. The summed E-state index contributed by atoms with van der Waals surface area (Å²) in [6, 6.07) is 42.9. The minimum Gasteiger partial charge on any atom is -0.453 e. The molecular weight excluding hydrogens is 424 g/mol. The minimum absolute atomic E-state index is 0.376. The van der Waals surface area contributed by atoms with E-state index in [0.717, 1.165) is 0 Å². The lowest BCUT2D eigenvalue weighted by Crippen LogP contribution is -1.96. The minimum atomic E-state index is 0.376. The molecule has 4 heteroatoms. The fourth-order valence-electron chi connectivity index (χ4n) is 3.22. The highest BCUT2D eigenvalue weighted by atomic mass is 16.5. The van der Waals surface area contributed by atoms with Crippen molar-refractivity contribution in [3.63, 3.8) is 0 Å². The fraction of sp³-hybridized carbons (Fsp3) is 0. The van der Waals surface area contributed by atoms with E-state index in [1.54, 1.807) is 6.07 Å². The van der Waals surface area contributed by atoms with E-state index in [1.807, 2.05) is 121 Å². The largest absolute Gasteiger partial charge is 0.453 e. The van der Waals surface area contributed by atoms with Gasteiger partial charge in [-0.2, -0.15) is 0 Å². The summed E-state index contributed by atoms with van der Waals surface area (Å²) in [6.45, 7) is 0. The summed E-state index contributed by atoms with van der Waals surface area (Å²) in [6.07, 6.45) is 0. The Hall–Kier alpha value is -4.70. The van der Waals surface area contributed by atoms with Crippen LogP contribution in [0.15, 0.2) is 127 Å². The van der Waals surface area contributed by atoms with Crippen molar-refractivity contribution in [2.24, 2.45) is 0 Å². The summed E-state index contributed by atoms with van der Waals surface area (Å²) in [7, 11) is 0. The molecule has 1 radical (unpaired) electrons. The maximum atomic E-state index is 6.17. The molecule has 4 nitrogen and oxygen atoms in total. The number of ether oxygens (including phenoxy) is 4. The SMILES string of the molecule is [c]1c(Oc2ccccc2)c(Oc2ccccc2)cc(Oc2ccccc2)c1Oc1ccccc1. The maximum absolute atomic E-state index is 6.17. The third-order valence-corrected chi connectivity index (χ3v) is 4.81. The van der Waals surface area contributed by atoms with Crippen LogP contribution in [0.2, 0.25) is 0 Å². The Morgan fingerprint density at radius 3 is 0.971 bits per heavy atom. The third-order valence-electron chi connectivity index (χ3n) is 4.81. The first kappa shape index (κ1) is 21.2. The molecule has 0 spiro atoms. The van der Waals surface area contributed by atoms with Gasteiger partial charge in [0.05, 0.1) is 6.07 Å². The van der Waals surface area contributed by atoms with Gasteiger partial charge in [-0.15, -0.1) is 0 Å². The van der Waals surface area contributed by atoms with Gasteiger partial charge in [-0.1, -0.05) is 72.8 Å². The Bertz CT molecular complexity index is 1110. The summed E-state index contributed by atoms with van der Waals surface area (Å²) in [5, 5.41) is 0. The van der Waals surface area contributed by atoms with Gasteiger partial charge in [-0.25, -0.2) is 0 Å². The summed E-state index contributed by atoms with van der Waals surface area (Å²) >= 11 is 0. The predicted octanol–water partition coefficient (Wildman–Crippen LogP) is 8.66. The Kier molecular flexibility index (Phi) is 6.40. The average Bonchev–Trinajstić information content (AvgIpc) is 2.89. The summed E-state index contributed by atoms with van der Waals surface area (Å²) < 4.78 is 24.6. The Balaban J connectivity index is 1.59. The van der Waals surface area contributed by atoms with Crippen molar-refractivity contribution < 1.29 is 18.9 Å². The van der Waals surface area contributed by atoms with Crippen LogP contribution in [0, 0.1) is 6.07 Å². The van der Waals surface area contributed by atoms with Crippen LogP contribution in [-0.4, -0.2) is 0 Å². The van der Waals surface area contributed by atoms with Crippen LogP contribution >= 0.6 is 0 Å². The van der Waals surface area contributed by atoms with Gasteiger partial charge in [0.1, 0.15) is 23.0 Å². The number of rotatable bonds is 8. The molecule has 0 aliphatic heterocycles. The molecule has 0 aliphatic rings. The van der Waals surface area contributed by atoms with Crippen molar-refractivity contribution in [3.8, 4) is 46.0 Å². The van der Waals surface area contributed by atoms with E-state index in [0.29, 0.717) is 46.0 Å². The van der Waals surface area contributed by atoms with Crippen LogP contribution in [0.1, 0.15) is 0 Å². The Labute approximate surface area is 198 Å². The van der Waals surface area contributed by atoms with Crippen molar-refractivity contribution in [1.82, 2.24) is 0 Å². The lowest BCUT2D eigenvalue weighted by Gasteiger charge is -2.17. The van der Waals surface area contributed by atoms with Gasteiger partial charge in [-0.3, -0.25) is 0 Å². The number of hydrogen-bond acceptors (Lipinski definition) is 4. The van der Waals surface area contributed by atoms with Gasteiger partial charge in [0.2, 0.25) is 0 Å². The Morgan fingerprint density at radius 2 is 0.647 bits per heavy atom. The van der Waals surface area contributed by atoms with E-state index in [1.165, 1.54) is 0 Å². The molecule has 0 aromatic heterocycles. The monoisotopic (exact) mass is 445 g/mol. The zero-order valence-electron chi connectivity index (χ0n) is 18.3. The lowest BCUT2D eigenvalue weighted by atomic mass is 10.2. The molecule has 0 bridgehead atoms. The standard InChI is InChI=1S/C30H21O4/c1-5-13-23(14-6-1)31-27-21-29(33-25-17-9-3-10-18-25)30(34-26-19-11-4-12-20-26)22-28(27)32-24-15-7-2-8-16-24/h1-21H. The van der Waals surface area contributed by atoms with E-state index in [9.17, 15) is 0 Å². The van der Waals surface area contributed by atoms with E-state index in [4.69, 9.17) is 18.9 Å². The highest BCUT2D eigenvalue weighted by Gasteiger charge is 2.18. The highest BCUT2D eigenvalue weighted by molar-refractivity contribution is 5.57. The second-order valence-corrected chi connectivity index (χ2v) is 7.32. The first-order valence-electron chi connectivity index (χ1n) is 10.9. The molecule has 34 heavy (non-hydrogen) atoms. The van der Waals surface area contributed by atoms with Gasteiger partial charge in [0.15, 0.2) is 23.0 Å². The lowest BCUT2D eigenvalue weighted by molar-refractivity contribution is 0.389. The van der Waals surface area contributed by atoms with Gasteiger partial charge < -0.3 is 18.9 Å². The maximum Gasteiger partial charge on any atom is 0.182 e. The zero-order valence-corrected chi connectivity index (χ0v) is 18.3. The van der Waals surface area contributed by atoms with Crippen molar-refractivity contribution >= 4 is 0 Å². The average molecular weight is 445 g/mol. The summed E-state index contributed by atoms with van der Waals surface area (Å²) in [5.41, 5.74) is 0. The quantitative estimate of drug-likeness (QED) is 0.239. The van der Waals surface area contributed by atoms with Gasteiger partial charge in [0, 0.05) is 6.07 Å². The predicted molar refractivity (Wildman–Crippen MR) is 131 cm³/mol. The first-order valence-corrected chi connectivity index (χ1v) is 10.9. The van der Waals surface area contributed by atoms with Crippen molar-refractivity contribution in [2.45, 2.75) is 0 Å². The summed E-state index contributed by atoms with van der Waals surface area (Å²) in [4.78, 5) is 0. The topological polar surface area (TPSA) is 36.9 Å². The molecule has 0 unspecified atom stereocenters. The molecule has 5 rings (SSSR count). The van der Waals surface area contributed by atoms with Crippen LogP contribution < -0.4 is 18.9 Å². The second kappa shape index (κ2) is 10.3. The number of para-hydroxylation sites is 4. The molecule has 0 amide bonds. The molecule has 165 valence electrons. The van der Waals surface area contributed by atoms with E-state index < -0.39 is 0 Å². The number of benzene rings is 5. The molecule has 0 saturated carbocycles. The smallest absolute Gasteiger partial charge is 0.182 e. The van der Waals surface area contributed by atoms with E-state index >= 15 is 0 Å². The van der Waals surface area contributed by atoms with Crippen molar-refractivity contribution in [1.29, 1.82) is 0 Å². The molecule has 0 saturated heterocycles. The van der Waals surface area contributed by atoms with Crippen LogP contribution in [0.25, 0.3) is 0 Å². The third kappa shape index (κ3) is 5.37. The normalized spacial score (nSPS) is 10.4. The van der Waals surface area contributed by atoms with E-state index in [-0.39, 0.29) is 0 Å². The van der Waals surface area contributed by atoms with Crippen LogP contribution in [0.3, 0.4) is 0 Å². The van der Waals surface area contributed by atoms with Crippen LogP contribution in [0.5, 0.6) is 46.0 Å². The highest BCUT2D eigenvalue weighted by Crippen LogP contribution is 2.45. The van der Waals surface area contributed by atoms with Gasteiger partial charge in [0.25, 0.3) is 0 Å². The van der Waals surface area contributed by atoms with Crippen molar-refractivity contribution in [2.75, 3.05) is 0 Å². The van der Waals surface area contributed by atoms with Crippen LogP contribution in [0.4, 0.5) is 0 Å². The molecule has 5 aromatic carbocycles. The molecule has 5 aromatic rings. The van der Waals surface area contributed by atoms with Crippen LogP contribution in [-0.2, 0) is 0 Å². The first-order chi connectivity index (χ1) is 16.8. The molecule has 0 aliphatic carbocycles. The fourth-order valence-corrected chi connectivity index (χ4v) is 3.22. The molecule has 0 fully saturated rings. The van der Waals surface area contributed by atoms with Gasteiger partial charge >= 0.3 is 0 Å². The second-order valence-electron chi connectivity index (χ2n) is 7.32. The van der Waals surface area contributed by atoms with Crippen molar-refractivity contribution in [3.05, 3.63) is 133 Å². The van der Waals surface area contributed by atoms with Gasteiger partial charge in [-0.05, 0) is 48.5 Å². The Morgan fingerprint density at radius 1 is 0.353 bits per heavy atom. The molecule has 0 N–H and O–H groups in total. The van der Waals surface area contributed by atoms with E-state index in [2.05, 4.69) is 6.07 Å². The molecule has 0 atom stereocenters. The summed E-state index contributed by atoms with van der Waals surface area (Å²) in [5.74, 6) is 4.27. The zero-order chi connectivity index (χ0) is 23.0.